The van der Waals surface area contributed by atoms with Crippen molar-refractivity contribution in [2.24, 2.45) is 5.10 Å². The van der Waals surface area contributed by atoms with Gasteiger partial charge in [-0.15, -0.1) is 0 Å². The van der Waals surface area contributed by atoms with Crippen molar-refractivity contribution in [2.75, 3.05) is 13.1 Å². The van der Waals surface area contributed by atoms with Crippen LogP contribution in [0.5, 0.6) is 0 Å². The summed E-state index contributed by atoms with van der Waals surface area (Å²) in [6, 6.07) is 5.48. The Bertz CT molecular complexity index is 644. The van der Waals surface area contributed by atoms with E-state index in [2.05, 4.69) is 9.99 Å². The smallest absolute Gasteiger partial charge is 0.166 e. The van der Waals surface area contributed by atoms with Gasteiger partial charge < -0.3 is 0 Å². The first-order valence-corrected chi connectivity index (χ1v) is 8.27. The van der Waals surface area contributed by atoms with Gasteiger partial charge >= 0.3 is 0 Å². The molecular formula is C16H18Cl2N4. The van der Waals surface area contributed by atoms with Crippen molar-refractivity contribution in [3.05, 3.63) is 52.5 Å². The molecule has 0 saturated carbocycles. The van der Waals surface area contributed by atoms with E-state index in [1.165, 1.54) is 25.7 Å². The first-order valence-electron chi connectivity index (χ1n) is 7.51. The Kier molecular flexibility index (Phi) is 5.01. The van der Waals surface area contributed by atoms with Gasteiger partial charge in [-0.05, 0) is 31.0 Å². The van der Waals surface area contributed by atoms with Crippen LogP contribution in [0.4, 0.5) is 0 Å². The number of benzene rings is 1. The van der Waals surface area contributed by atoms with Crippen LogP contribution in [0.15, 0.2) is 42.0 Å². The van der Waals surface area contributed by atoms with Crippen LogP contribution < -0.4 is 0 Å². The second-order valence-electron chi connectivity index (χ2n) is 5.39. The fourth-order valence-corrected chi connectivity index (χ4v) is 3.08. The molecule has 1 saturated heterocycles. The van der Waals surface area contributed by atoms with E-state index in [0.29, 0.717) is 10.0 Å². The van der Waals surface area contributed by atoms with Gasteiger partial charge in [-0.3, -0.25) is 9.58 Å². The minimum atomic E-state index is 0.592. The maximum absolute atomic E-state index is 6.37. The molecule has 6 heteroatoms. The van der Waals surface area contributed by atoms with Crippen molar-refractivity contribution >= 4 is 29.0 Å². The number of hydrogen-bond donors (Lipinski definition) is 0. The lowest BCUT2D eigenvalue weighted by Crippen LogP contribution is -2.24. The highest BCUT2D eigenvalue weighted by Gasteiger charge is 2.14. The van der Waals surface area contributed by atoms with E-state index in [0.717, 1.165) is 24.5 Å². The second kappa shape index (κ2) is 7.16. The molecule has 0 atom stereocenters. The maximum Gasteiger partial charge on any atom is 0.166 e. The molecule has 0 radical (unpaired) electrons. The molecule has 0 N–H and O–H groups in total. The zero-order valence-electron chi connectivity index (χ0n) is 12.3. The molecular weight excluding hydrogens is 319 g/mol. The second-order valence-corrected chi connectivity index (χ2v) is 6.23. The Morgan fingerprint density at radius 1 is 1.09 bits per heavy atom. The van der Waals surface area contributed by atoms with Crippen molar-refractivity contribution in [1.29, 1.82) is 0 Å². The molecule has 22 heavy (non-hydrogen) atoms. The first-order chi connectivity index (χ1) is 10.7. The Morgan fingerprint density at radius 3 is 2.50 bits per heavy atom. The molecule has 0 amide bonds. The minimum absolute atomic E-state index is 0.592. The van der Waals surface area contributed by atoms with Crippen LogP contribution in [0.1, 0.15) is 31.2 Å². The summed E-state index contributed by atoms with van der Waals surface area (Å²) in [6.45, 7) is 1.95. The fourth-order valence-electron chi connectivity index (χ4n) is 2.59. The van der Waals surface area contributed by atoms with Crippen LogP contribution >= 0.6 is 23.2 Å². The SMILES string of the molecule is Clc1ccc(C(=NN2CCCCCC2)n2ccnc2)c(Cl)c1. The standard InChI is InChI=1S/C16H18Cl2N4/c17-13-5-6-14(15(18)11-13)16(21-10-7-19-12-21)20-22-8-3-1-2-4-9-22/h5-7,10-12H,1-4,8-9H2. The summed E-state index contributed by atoms with van der Waals surface area (Å²) >= 11 is 12.4. The fraction of sp³-hybridized carbons (Fsp3) is 0.375. The Morgan fingerprint density at radius 2 is 1.86 bits per heavy atom. The number of hydrazone groups is 1. The molecule has 1 aromatic carbocycles. The van der Waals surface area contributed by atoms with E-state index in [9.17, 15) is 0 Å². The van der Waals surface area contributed by atoms with E-state index in [4.69, 9.17) is 28.3 Å². The average Bonchev–Trinajstić information content (AvgIpc) is 2.90. The average molecular weight is 337 g/mol. The quantitative estimate of drug-likeness (QED) is 0.605. The Labute approximate surface area is 140 Å². The van der Waals surface area contributed by atoms with E-state index in [1.54, 1.807) is 18.6 Å². The van der Waals surface area contributed by atoms with Crippen molar-refractivity contribution in [1.82, 2.24) is 14.6 Å². The van der Waals surface area contributed by atoms with Crippen LogP contribution in [0, 0.1) is 0 Å². The van der Waals surface area contributed by atoms with Crippen LogP contribution in [0.3, 0.4) is 0 Å². The summed E-state index contributed by atoms with van der Waals surface area (Å²) in [7, 11) is 0. The van der Waals surface area contributed by atoms with Gasteiger partial charge in [0.15, 0.2) is 5.84 Å². The third-order valence-corrected chi connectivity index (χ3v) is 4.29. The number of nitrogens with zero attached hydrogens (tertiary/aromatic N) is 4. The minimum Gasteiger partial charge on any atom is -0.295 e. The third-order valence-electron chi connectivity index (χ3n) is 3.74. The summed E-state index contributed by atoms with van der Waals surface area (Å²) in [5, 5.41) is 8.19. The molecule has 0 unspecified atom stereocenters. The summed E-state index contributed by atoms with van der Waals surface area (Å²) in [4.78, 5) is 4.12. The van der Waals surface area contributed by atoms with Crippen LogP contribution in [0.25, 0.3) is 0 Å². The number of aromatic nitrogens is 2. The maximum atomic E-state index is 6.37. The third kappa shape index (κ3) is 3.62. The largest absolute Gasteiger partial charge is 0.295 e. The first kappa shape index (κ1) is 15.4. The Balaban J connectivity index is 2.00. The van der Waals surface area contributed by atoms with Gasteiger partial charge in [0.25, 0.3) is 0 Å². The molecule has 4 nitrogen and oxygen atoms in total. The Hall–Kier alpha value is -1.52. The van der Waals surface area contributed by atoms with Crippen LogP contribution in [-0.2, 0) is 0 Å². The molecule has 1 aliphatic heterocycles. The molecule has 2 heterocycles. The van der Waals surface area contributed by atoms with Crippen molar-refractivity contribution in [2.45, 2.75) is 25.7 Å². The molecule has 2 aromatic rings. The van der Waals surface area contributed by atoms with Gasteiger partial charge in [0.05, 0.1) is 5.02 Å². The van der Waals surface area contributed by atoms with E-state index in [1.807, 2.05) is 22.9 Å². The highest BCUT2D eigenvalue weighted by Crippen LogP contribution is 2.23. The molecule has 1 aromatic heterocycles. The number of imidazole rings is 1. The molecule has 0 aliphatic carbocycles. The van der Waals surface area contributed by atoms with Crippen molar-refractivity contribution in [3.63, 3.8) is 0 Å². The number of halogens is 2. The van der Waals surface area contributed by atoms with Crippen LogP contribution in [-0.4, -0.2) is 33.5 Å². The molecule has 1 aliphatic rings. The van der Waals surface area contributed by atoms with Crippen molar-refractivity contribution in [3.8, 4) is 0 Å². The highest BCUT2D eigenvalue weighted by atomic mass is 35.5. The molecule has 1 fully saturated rings. The van der Waals surface area contributed by atoms with Gasteiger partial charge in [-0.25, -0.2) is 4.98 Å². The van der Waals surface area contributed by atoms with Gasteiger partial charge in [-0.2, -0.15) is 5.10 Å². The molecule has 3 rings (SSSR count). The molecule has 116 valence electrons. The van der Waals surface area contributed by atoms with Gasteiger partial charge in [0.1, 0.15) is 6.33 Å². The predicted molar refractivity (Wildman–Crippen MR) is 90.7 cm³/mol. The summed E-state index contributed by atoms with van der Waals surface area (Å²) in [5.41, 5.74) is 0.855. The lowest BCUT2D eigenvalue weighted by atomic mass is 10.2. The number of hydrogen-bond acceptors (Lipinski definition) is 3. The van der Waals surface area contributed by atoms with Gasteiger partial charge in [-0.1, -0.05) is 36.0 Å². The normalized spacial score (nSPS) is 16.6. The van der Waals surface area contributed by atoms with Crippen molar-refractivity contribution < 1.29 is 0 Å². The predicted octanol–water partition coefficient (Wildman–Crippen LogP) is 4.28. The number of rotatable bonds is 2. The summed E-state index contributed by atoms with van der Waals surface area (Å²) in [5.74, 6) is 0.779. The van der Waals surface area contributed by atoms with Gasteiger partial charge in [0, 0.05) is 36.1 Å². The lowest BCUT2D eigenvalue weighted by molar-refractivity contribution is 0.300. The zero-order valence-corrected chi connectivity index (χ0v) is 13.8. The lowest BCUT2D eigenvalue weighted by Gasteiger charge is -2.19. The monoisotopic (exact) mass is 336 g/mol. The van der Waals surface area contributed by atoms with E-state index in [-0.39, 0.29) is 0 Å². The molecule has 0 bridgehead atoms. The summed E-state index contributed by atoms with van der Waals surface area (Å²) in [6.07, 6.45) is 10.2. The zero-order chi connectivity index (χ0) is 15.4. The highest BCUT2D eigenvalue weighted by molar-refractivity contribution is 6.37. The van der Waals surface area contributed by atoms with Crippen LogP contribution in [0.2, 0.25) is 10.0 Å². The van der Waals surface area contributed by atoms with E-state index >= 15 is 0 Å². The van der Waals surface area contributed by atoms with E-state index < -0.39 is 0 Å². The van der Waals surface area contributed by atoms with Gasteiger partial charge in [0.2, 0.25) is 0 Å². The topological polar surface area (TPSA) is 33.4 Å². The molecule has 0 spiro atoms. The summed E-state index contributed by atoms with van der Waals surface area (Å²) < 4.78 is 1.89.